The third-order valence-electron chi connectivity index (χ3n) is 2.08. The highest BCUT2D eigenvalue weighted by Gasteiger charge is 2.16. The number of hydrogen-bond donors (Lipinski definition) is 2. The van der Waals surface area contributed by atoms with Crippen molar-refractivity contribution in [3.05, 3.63) is 17.5 Å². The summed E-state index contributed by atoms with van der Waals surface area (Å²) in [5.74, 6) is 0. The summed E-state index contributed by atoms with van der Waals surface area (Å²) in [6.07, 6.45) is 1.06. The first-order valence-corrected chi connectivity index (χ1v) is 5.49. The molecule has 1 rings (SSSR count). The van der Waals surface area contributed by atoms with Gasteiger partial charge in [0.15, 0.2) is 0 Å². The zero-order chi connectivity index (χ0) is 9.73. The van der Waals surface area contributed by atoms with Crippen molar-refractivity contribution in [1.82, 2.24) is 0 Å². The second kappa shape index (κ2) is 4.63. The van der Waals surface area contributed by atoms with Crippen LogP contribution in [0.5, 0.6) is 0 Å². The van der Waals surface area contributed by atoms with Gasteiger partial charge in [-0.15, -0.1) is 11.3 Å². The first kappa shape index (κ1) is 10.5. The summed E-state index contributed by atoms with van der Waals surface area (Å²) in [5.41, 5.74) is 5.83. The van der Waals surface area contributed by atoms with Gasteiger partial charge in [0.1, 0.15) is 0 Å². The van der Waals surface area contributed by atoms with Crippen molar-refractivity contribution in [3.8, 4) is 0 Å². The minimum Gasteiger partial charge on any atom is -0.376 e. The lowest BCUT2D eigenvalue weighted by Gasteiger charge is -2.24. The predicted octanol–water partition coefficient (Wildman–Crippen LogP) is 2.54. The molecule has 13 heavy (non-hydrogen) atoms. The van der Waals surface area contributed by atoms with E-state index in [1.54, 1.807) is 11.3 Å². The number of anilines is 1. The van der Waals surface area contributed by atoms with Crippen LogP contribution in [0.25, 0.3) is 0 Å². The molecule has 0 saturated heterocycles. The largest absolute Gasteiger partial charge is 0.376 e. The highest BCUT2D eigenvalue weighted by atomic mass is 32.1. The Morgan fingerprint density at radius 1 is 1.54 bits per heavy atom. The second-order valence-corrected chi connectivity index (χ2v) is 4.98. The molecule has 0 aliphatic carbocycles. The van der Waals surface area contributed by atoms with Crippen molar-refractivity contribution < 1.29 is 0 Å². The number of nitrogens with two attached hydrogens (primary N) is 1. The Hall–Kier alpha value is -0.540. The van der Waals surface area contributed by atoms with E-state index in [9.17, 15) is 0 Å². The fraction of sp³-hybridized carbons (Fsp3) is 0.600. The first-order valence-electron chi connectivity index (χ1n) is 4.61. The molecule has 0 bridgehead atoms. The molecule has 1 heterocycles. The summed E-state index contributed by atoms with van der Waals surface area (Å²) in [4.78, 5) is 0. The molecule has 74 valence electrons. The van der Waals surface area contributed by atoms with E-state index in [0.717, 1.165) is 19.5 Å². The smallest absolute Gasteiger partial charge is 0.0882 e. The van der Waals surface area contributed by atoms with Gasteiger partial charge >= 0.3 is 0 Å². The van der Waals surface area contributed by atoms with Crippen molar-refractivity contribution in [1.29, 1.82) is 0 Å². The van der Waals surface area contributed by atoms with Gasteiger partial charge in [0.25, 0.3) is 0 Å². The van der Waals surface area contributed by atoms with Crippen LogP contribution in [0.1, 0.15) is 20.3 Å². The predicted molar refractivity (Wildman–Crippen MR) is 60.3 cm³/mol. The fourth-order valence-corrected chi connectivity index (χ4v) is 1.80. The number of rotatable bonds is 5. The topological polar surface area (TPSA) is 38.0 Å². The summed E-state index contributed by atoms with van der Waals surface area (Å²) >= 11 is 1.74. The van der Waals surface area contributed by atoms with E-state index in [2.05, 4.69) is 36.7 Å². The lowest BCUT2D eigenvalue weighted by molar-refractivity contribution is 0.365. The standard InChI is InChI=1S/C10H18N2S/c1-10(2,5-6-11)8-12-9-4-3-7-13-9/h3-4,7,12H,5-6,8,11H2,1-2H3. The van der Waals surface area contributed by atoms with Crippen LogP contribution >= 0.6 is 11.3 Å². The van der Waals surface area contributed by atoms with E-state index in [4.69, 9.17) is 5.73 Å². The third kappa shape index (κ3) is 3.79. The number of hydrogen-bond acceptors (Lipinski definition) is 3. The van der Waals surface area contributed by atoms with Gasteiger partial charge in [0.2, 0.25) is 0 Å². The lowest BCUT2D eigenvalue weighted by atomic mass is 9.89. The van der Waals surface area contributed by atoms with E-state index < -0.39 is 0 Å². The summed E-state index contributed by atoms with van der Waals surface area (Å²) in [5, 5.41) is 6.74. The molecule has 0 radical (unpaired) electrons. The molecule has 0 unspecified atom stereocenters. The van der Waals surface area contributed by atoms with Crippen LogP contribution in [0, 0.1) is 5.41 Å². The van der Waals surface area contributed by atoms with E-state index in [-0.39, 0.29) is 0 Å². The zero-order valence-corrected chi connectivity index (χ0v) is 9.16. The molecule has 0 aliphatic rings. The normalized spacial score (nSPS) is 11.6. The molecule has 3 heteroatoms. The molecule has 3 N–H and O–H groups in total. The van der Waals surface area contributed by atoms with Crippen LogP contribution < -0.4 is 11.1 Å². The summed E-state index contributed by atoms with van der Waals surface area (Å²) in [6, 6.07) is 4.16. The van der Waals surface area contributed by atoms with E-state index >= 15 is 0 Å². The highest BCUT2D eigenvalue weighted by Crippen LogP contribution is 2.22. The number of thiophene rings is 1. The fourth-order valence-electron chi connectivity index (χ4n) is 1.18. The van der Waals surface area contributed by atoms with Crippen molar-refractivity contribution in [2.24, 2.45) is 11.1 Å². The van der Waals surface area contributed by atoms with Crippen molar-refractivity contribution in [2.45, 2.75) is 20.3 Å². The lowest BCUT2D eigenvalue weighted by Crippen LogP contribution is -2.25. The van der Waals surface area contributed by atoms with Crippen molar-refractivity contribution >= 4 is 16.3 Å². The molecule has 0 spiro atoms. The van der Waals surface area contributed by atoms with Crippen LogP contribution in [0.4, 0.5) is 5.00 Å². The Kier molecular flexibility index (Phi) is 3.75. The Bertz CT molecular complexity index is 229. The van der Waals surface area contributed by atoms with Gasteiger partial charge in [-0.1, -0.05) is 13.8 Å². The molecule has 0 fully saturated rings. The Labute approximate surface area is 84.2 Å². The summed E-state index contributed by atoms with van der Waals surface area (Å²) in [7, 11) is 0. The first-order chi connectivity index (χ1) is 6.14. The van der Waals surface area contributed by atoms with Gasteiger partial charge in [-0.2, -0.15) is 0 Å². The van der Waals surface area contributed by atoms with Gasteiger partial charge in [0.05, 0.1) is 5.00 Å². The molecule has 1 aromatic rings. The number of nitrogens with one attached hydrogen (secondary N) is 1. The molecule has 0 saturated carbocycles. The maximum Gasteiger partial charge on any atom is 0.0882 e. The van der Waals surface area contributed by atoms with Crippen LogP contribution in [-0.4, -0.2) is 13.1 Å². The molecular weight excluding hydrogens is 180 g/mol. The van der Waals surface area contributed by atoms with Crippen LogP contribution in [0.2, 0.25) is 0 Å². The maximum atomic E-state index is 5.54. The average Bonchev–Trinajstić information content (AvgIpc) is 2.52. The highest BCUT2D eigenvalue weighted by molar-refractivity contribution is 7.14. The minimum atomic E-state index is 0.290. The van der Waals surface area contributed by atoms with Crippen LogP contribution in [0.3, 0.4) is 0 Å². The average molecular weight is 198 g/mol. The molecular formula is C10H18N2S. The van der Waals surface area contributed by atoms with Crippen molar-refractivity contribution in [3.63, 3.8) is 0 Å². The Morgan fingerprint density at radius 2 is 2.31 bits per heavy atom. The Balaban J connectivity index is 2.33. The monoisotopic (exact) mass is 198 g/mol. The molecule has 2 nitrogen and oxygen atoms in total. The van der Waals surface area contributed by atoms with Crippen LogP contribution in [0.15, 0.2) is 17.5 Å². The molecule has 0 aliphatic heterocycles. The maximum absolute atomic E-state index is 5.54. The minimum absolute atomic E-state index is 0.290. The summed E-state index contributed by atoms with van der Waals surface area (Å²) in [6.45, 7) is 6.23. The second-order valence-electron chi connectivity index (χ2n) is 4.03. The SMILES string of the molecule is CC(C)(CCN)CNc1cccs1. The van der Waals surface area contributed by atoms with Gasteiger partial charge in [-0.25, -0.2) is 0 Å². The van der Waals surface area contributed by atoms with E-state index in [0.29, 0.717) is 5.41 Å². The van der Waals surface area contributed by atoms with Gasteiger partial charge in [-0.3, -0.25) is 0 Å². The van der Waals surface area contributed by atoms with Crippen molar-refractivity contribution in [2.75, 3.05) is 18.4 Å². The van der Waals surface area contributed by atoms with E-state index in [1.165, 1.54) is 5.00 Å². The molecule has 0 atom stereocenters. The molecule has 0 amide bonds. The zero-order valence-electron chi connectivity index (χ0n) is 8.34. The van der Waals surface area contributed by atoms with E-state index in [1.807, 2.05) is 0 Å². The van der Waals surface area contributed by atoms with Gasteiger partial charge < -0.3 is 11.1 Å². The quantitative estimate of drug-likeness (QED) is 0.763. The third-order valence-corrected chi connectivity index (χ3v) is 2.91. The summed E-state index contributed by atoms with van der Waals surface area (Å²) < 4.78 is 0. The molecule has 1 aromatic heterocycles. The van der Waals surface area contributed by atoms with Gasteiger partial charge in [-0.05, 0) is 35.9 Å². The Morgan fingerprint density at radius 3 is 2.85 bits per heavy atom. The molecule has 0 aromatic carbocycles. The van der Waals surface area contributed by atoms with Crippen LogP contribution in [-0.2, 0) is 0 Å². The van der Waals surface area contributed by atoms with Gasteiger partial charge in [0, 0.05) is 6.54 Å².